The zero-order valence-electron chi connectivity index (χ0n) is 8.40. The minimum atomic E-state index is -4.67. The van der Waals surface area contributed by atoms with Gasteiger partial charge in [-0.15, -0.1) is 13.2 Å². The molecule has 3 rings (SSSR count). The lowest BCUT2D eigenvalue weighted by atomic mass is 10.3. The maximum atomic E-state index is 12.5. The average molecular weight is 241 g/mol. The highest BCUT2D eigenvalue weighted by Gasteiger charge is 2.47. The first-order chi connectivity index (χ1) is 7.98. The van der Waals surface area contributed by atoms with E-state index >= 15 is 0 Å². The molecule has 1 aliphatic heterocycles. The van der Waals surface area contributed by atoms with Crippen molar-refractivity contribution in [1.29, 1.82) is 0 Å². The van der Waals surface area contributed by atoms with Crippen molar-refractivity contribution in [1.82, 2.24) is 14.5 Å². The number of carbonyl (C=O) groups is 1. The number of amides is 1. The van der Waals surface area contributed by atoms with Gasteiger partial charge in [0.25, 0.3) is 0 Å². The minimum absolute atomic E-state index is 0.119. The Morgan fingerprint density at radius 2 is 1.94 bits per heavy atom. The number of benzene rings is 1. The second kappa shape index (κ2) is 2.99. The van der Waals surface area contributed by atoms with Gasteiger partial charge in [0.1, 0.15) is 5.82 Å². The molecule has 0 saturated heterocycles. The van der Waals surface area contributed by atoms with E-state index in [1.54, 1.807) is 24.3 Å². The summed E-state index contributed by atoms with van der Waals surface area (Å²) < 4.78 is 38.6. The van der Waals surface area contributed by atoms with Crippen molar-refractivity contribution in [2.45, 2.75) is 12.8 Å². The summed E-state index contributed by atoms with van der Waals surface area (Å²) in [6, 6.07) is 5.51. The summed E-state index contributed by atoms with van der Waals surface area (Å²) in [6.07, 6.45) is -4.67. The number of imidazole rings is 1. The molecule has 0 unspecified atom stereocenters. The molecule has 4 nitrogen and oxygen atoms in total. The molecule has 0 N–H and O–H groups in total. The van der Waals surface area contributed by atoms with Crippen LogP contribution >= 0.6 is 0 Å². The molecule has 7 heteroatoms. The van der Waals surface area contributed by atoms with E-state index in [-0.39, 0.29) is 10.7 Å². The lowest BCUT2D eigenvalue weighted by Gasteiger charge is -2.17. The first kappa shape index (κ1) is 10.1. The minimum Gasteiger partial charge on any atom is -0.247 e. The first-order valence-electron chi connectivity index (χ1n) is 4.83. The summed E-state index contributed by atoms with van der Waals surface area (Å²) in [6.45, 7) is -0.531. The molecule has 0 spiro atoms. The quantitative estimate of drug-likeness (QED) is 0.664. The van der Waals surface area contributed by atoms with Gasteiger partial charge in [0, 0.05) is 0 Å². The van der Waals surface area contributed by atoms with Crippen LogP contribution in [-0.2, 0) is 6.54 Å². The van der Waals surface area contributed by atoms with E-state index in [4.69, 9.17) is 0 Å². The summed E-state index contributed by atoms with van der Waals surface area (Å²) in [5.74, 6) is 0.119. The van der Waals surface area contributed by atoms with Crippen LogP contribution in [-0.4, -0.2) is 26.8 Å². The third-order valence-electron chi connectivity index (χ3n) is 2.66. The smallest absolute Gasteiger partial charge is 0.247 e. The first-order valence-corrected chi connectivity index (χ1v) is 4.83. The van der Waals surface area contributed by atoms with Gasteiger partial charge in [-0.1, -0.05) is 12.1 Å². The Bertz CT molecular complexity index is 617. The SMILES string of the molecule is O=C1N(C(F)(F)F)Cc2nc3ccccc3n21. The lowest BCUT2D eigenvalue weighted by molar-refractivity contribution is -0.223. The number of aromatic nitrogens is 2. The average Bonchev–Trinajstić information content (AvgIpc) is 2.75. The van der Waals surface area contributed by atoms with Crippen molar-refractivity contribution in [2.24, 2.45) is 0 Å². The lowest BCUT2D eigenvalue weighted by Crippen LogP contribution is -2.39. The van der Waals surface area contributed by atoms with E-state index in [0.717, 1.165) is 4.57 Å². The van der Waals surface area contributed by atoms with Gasteiger partial charge >= 0.3 is 12.3 Å². The van der Waals surface area contributed by atoms with Gasteiger partial charge in [-0.3, -0.25) is 0 Å². The van der Waals surface area contributed by atoms with E-state index < -0.39 is 18.9 Å². The number of halogens is 3. The zero-order valence-corrected chi connectivity index (χ0v) is 8.40. The van der Waals surface area contributed by atoms with Crippen LogP contribution in [0.3, 0.4) is 0 Å². The van der Waals surface area contributed by atoms with Crippen molar-refractivity contribution < 1.29 is 18.0 Å². The molecule has 1 aromatic heterocycles. The van der Waals surface area contributed by atoms with Crippen molar-refractivity contribution in [3.63, 3.8) is 0 Å². The Morgan fingerprint density at radius 1 is 1.24 bits per heavy atom. The number of carbonyl (C=O) groups excluding carboxylic acids is 1. The molecule has 0 fully saturated rings. The molecule has 0 saturated carbocycles. The third kappa shape index (κ3) is 1.31. The molecule has 1 aromatic carbocycles. The summed E-state index contributed by atoms with van der Waals surface area (Å²) in [5, 5.41) is 0. The maximum absolute atomic E-state index is 12.5. The molecule has 0 aliphatic carbocycles. The Morgan fingerprint density at radius 3 is 2.65 bits per heavy atom. The van der Waals surface area contributed by atoms with Crippen LogP contribution in [0.2, 0.25) is 0 Å². The molecule has 2 heterocycles. The van der Waals surface area contributed by atoms with Gasteiger partial charge < -0.3 is 0 Å². The largest absolute Gasteiger partial charge is 0.488 e. The van der Waals surface area contributed by atoms with Gasteiger partial charge in [-0.2, -0.15) is 0 Å². The fourth-order valence-electron chi connectivity index (χ4n) is 1.92. The van der Waals surface area contributed by atoms with Gasteiger partial charge in [0.15, 0.2) is 0 Å². The van der Waals surface area contributed by atoms with Gasteiger partial charge in [-0.25, -0.2) is 19.2 Å². The third-order valence-corrected chi connectivity index (χ3v) is 2.66. The highest BCUT2D eigenvalue weighted by Crippen LogP contribution is 2.31. The molecule has 88 valence electrons. The number of fused-ring (bicyclic) bond motifs is 3. The Hall–Kier alpha value is -2.05. The number of para-hydroxylation sites is 2. The van der Waals surface area contributed by atoms with Gasteiger partial charge in [-0.05, 0) is 12.1 Å². The Balaban J connectivity index is 2.17. The number of hydrogen-bond acceptors (Lipinski definition) is 2. The predicted octanol–water partition coefficient (Wildman–Crippen LogP) is 2.34. The molecule has 17 heavy (non-hydrogen) atoms. The topological polar surface area (TPSA) is 38.1 Å². The van der Waals surface area contributed by atoms with Crippen LogP contribution in [0.25, 0.3) is 11.0 Å². The van der Waals surface area contributed by atoms with Crippen LogP contribution in [0.5, 0.6) is 0 Å². The van der Waals surface area contributed by atoms with Crippen LogP contribution in [0.4, 0.5) is 18.0 Å². The summed E-state index contributed by atoms with van der Waals surface area (Å²) >= 11 is 0. The highest BCUT2D eigenvalue weighted by atomic mass is 19.4. The molecule has 1 amide bonds. The summed E-state index contributed by atoms with van der Waals surface area (Å²) in [4.78, 5) is 15.5. The summed E-state index contributed by atoms with van der Waals surface area (Å²) in [5.41, 5.74) is 0.928. The predicted molar refractivity (Wildman–Crippen MR) is 52.1 cm³/mol. The van der Waals surface area contributed by atoms with Crippen molar-refractivity contribution in [3.05, 3.63) is 30.1 Å². The monoisotopic (exact) mass is 241 g/mol. The molecule has 2 aromatic rings. The van der Waals surface area contributed by atoms with Crippen LogP contribution in [0.15, 0.2) is 24.3 Å². The van der Waals surface area contributed by atoms with Crippen LogP contribution < -0.4 is 0 Å². The van der Waals surface area contributed by atoms with Crippen molar-refractivity contribution in [3.8, 4) is 0 Å². The Labute approximate surface area is 93.3 Å². The Kier molecular flexibility index (Phi) is 1.78. The summed E-state index contributed by atoms with van der Waals surface area (Å²) in [7, 11) is 0. The van der Waals surface area contributed by atoms with E-state index in [9.17, 15) is 18.0 Å². The van der Waals surface area contributed by atoms with Gasteiger partial charge in [0.05, 0.1) is 17.6 Å². The van der Waals surface area contributed by atoms with E-state index in [2.05, 4.69) is 4.98 Å². The van der Waals surface area contributed by atoms with E-state index in [0.29, 0.717) is 11.0 Å². The second-order valence-corrected chi connectivity index (χ2v) is 3.69. The number of hydrogen-bond donors (Lipinski definition) is 0. The highest BCUT2D eigenvalue weighted by molar-refractivity contribution is 5.92. The molecular weight excluding hydrogens is 235 g/mol. The van der Waals surface area contributed by atoms with Crippen molar-refractivity contribution in [2.75, 3.05) is 0 Å². The van der Waals surface area contributed by atoms with E-state index in [1.807, 2.05) is 0 Å². The molecule has 0 atom stereocenters. The molecule has 0 bridgehead atoms. The second-order valence-electron chi connectivity index (χ2n) is 3.69. The molecule has 1 aliphatic rings. The number of nitrogens with zero attached hydrogens (tertiary/aromatic N) is 3. The van der Waals surface area contributed by atoms with Crippen LogP contribution in [0, 0.1) is 0 Å². The van der Waals surface area contributed by atoms with Crippen LogP contribution in [0.1, 0.15) is 5.82 Å². The maximum Gasteiger partial charge on any atom is 0.488 e. The molecular formula is C10H6F3N3O. The zero-order chi connectivity index (χ0) is 12.2. The normalized spacial score (nSPS) is 15.7. The van der Waals surface area contributed by atoms with Crippen molar-refractivity contribution >= 4 is 17.1 Å². The van der Waals surface area contributed by atoms with E-state index in [1.165, 1.54) is 0 Å². The number of rotatable bonds is 0. The molecule has 0 radical (unpaired) electrons. The van der Waals surface area contributed by atoms with Gasteiger partial charge in [0.2, 0.25) is 0 Å². The fourth-order valence-corrected chi connectivity index (χ4v) is 1.92. The fraction of sp³-hybridized carbons (Fsp3) is 0.200. The number of alkyl halides is 3. The standard InChI is InChI=1S/C10H6F3N3O/c11-10(12,13)15-5-8-14-6-3-1-2-4-7(6)16(8)9(15)17/h1-4H,5H2.